The first-order chi connectivity index (χ1) is 14.9. The normalized spacial score (nSPS) is 11.1. The maximum Gasteiger partial charge on any atom is 0.265 e. The van der Waals surface area contributed by atoms with Crippen molar-refractivity contribution in [3.05, 3.63) is 81.7 Å². The molecule has 3 aromatic rings. The minimum absolute atomic E-state index is 0.0274. The SMILES string of the molecule is COc1c(F)cc(F)c(F)c1B(c1c(F)cc(C)c(F)c1F)c1c(F)cc(C)c(F)c1F. The average Bonchev–Trinajstić information content (AvgIpc) is 2.72. The first-order valence-electron chi connectivity index (χ1n) is 8.91. The van der Waals surface area contributed by atoms with Crippen LogP contribution in [0.25, 0.3) is 0 Å². The van der Waals surface area contributed by atoms with Crippen molar-refractivity contribution in [1.29, 1.82) is 0 Å². The van der Waals surface area contributed by atoms with Crippen molar-refractivity contribution in [3.8, 4) is 5.75 Å². The Morgan fingerprint density at radius 2 is 0.969 bits per heavy atom. The Kier molecular flexibility index (Phi) is 6.21. The van der Waals surface area contributed by atoms with Crippen molar-refractivity contribution in [1.82, 2.24) is 0 Å². The lowest BCUT2D eigenvalue weighted by atomic mass is 9.35. The molecule has 0 aromatic heterocycles. The van der Waals surface area contributed by atoms with E-state index in [0.29, 0.717) is 12.1 Å². The number of hydrogen-bond donors (Lipinski definition) is 0. The van der Waals surface area contributed by atoms with E-state index >= 15 is 0 Å². The summed E-state index contributed by atoms with van der Waals surface area (Å²) in [5.41, 5.74) is -5.52. The Morgan fingerprint density at radius 1 is 0.531 bits per heavy atom. The van der Waals surface area contributed by atoms with Crippen LogP contribution in [0.1, 0.15) is 11.1 Å². The Balaban J connectivity index is 2.60. The molecule has 3 aromatic carbocycles. The Hall–Kier alpha value is -3.11. The van der Waals surface area contributed by atoms with Gasteiger partial charge in [-0.05, 0) is 37.1 Å². The fourth-order valence-corrected chi connectivity index (χ4v) is 3.48. The van der Waals surface area contributed by atoms with E-state index in [4.69, 9.17) is 0 Å². The zero-order chi connectivity index (χ0) is 24.1. The molecule has 0 aliphatic carbocycles. The molecule has 168 valence electrons. The van der Waals surface area contributed by atoms with E-state index in [9.17, 15) is 39.5 Å². The predicted octanol–water partition coefficient (Wildman–Crippen LogP) is 4.08. The van der Waals surface area contributed by atoms with Crippen LogP contribution in [0.4, 0.5) is 39.5 Å². The molecule has 0 aliphatic rings. The summed E-state index contributed by atoms with van der Waals surface area (Å²) in [6.45, 7) is -0.771. The van der Waals surface area contributed by atoms with Gasteiger partial charge in [0.25, 0.3) is 6.71 Å². The molecule has 0 saturated carbocycles. The van der Waals surface area contributed by atoms with Crippen molar-refractivity contribution in [2.45, 2.75) is 13.8 Å². The molecule has 0 unspecified atom stereocenters. The van der Waals surface area contributed by atoms with Gasteiger partial charge in [-0.25, -0.2) is 39.5 Å². The number of halogens is 9. The van der Waals surface area contributed by atoms with Crippen LogP contribution in [0, 0.1) is 66.2 Å². The molecule has 32 heavy (non-hydrogen) atoms. The number of benzene rings is 3. The highest BCUT2D eigenvalue weighted by Crippen LogP contribution is 2.23. The van der Waals surface area contributed by atoms with E-state index in [1.807, 2.05) is 0 Å². The summed E-state index contributed by atoms with van der Waals surface area (Å²) in [6, 6.07) is 0.891. The summed E-state index contributed by atoms with van der Waals surface area (Å²) in [6.07, 6.45) is 0. The number of rotatable bonds is 4. The molecule has 11 heteroatoms. The smallest absolute Gasteiger partial charge is 0.265 e. The fourth-order valence-electron chi connectivity index (χ4n) is 3.48. The molecule has 0 amide bonds. The topological polar surface area (TPSA) is 9.23 Å². The molecule has 0 radical (unpaired) electrons. The fraction of sp³-hybridized carbons (Fsp3) is 0.143. The van der Waals surface area contributed by atoms with Gasteiger partial charge in [0, 0.05) is 22.5 Å². The summed E-state index contributed by atoms with van der Waals surface area (Å²) in [7, 11) is 0.765. The second-order valence-corrected chi connectivity index (χ2v) is 6.97. The Morgan fingerprint density at radius 3 is 1.38 bits per heavy atom. The first-order valence-corrected chi connectivity index (χ1v) is 8.91. The zero-order valence-corrected chi connectivity index (χ0v) is 16.6. The standard InChI is InChI=1S/C21H12BF9O/c1-7-4-9(23)13(19(30)16(7)27)22(14-10(24)5-8(2)17(28)20(14)31)15-18(29)11(25)6-12(26)21(15)32-3/h4-6H,1-3H3. The van der Waals surface area contributed by atoms with Crippen LogP contribution >= 0.6 is 0 Å². The molecule has 0 heterocycles. The van der Waals surface area contributed by atoms with E-state index in [2.05, 4.69) is 4.74 Å². The van der Waals surface area contributed by atoms with E-state index < -0.39 is 92.3 Å². The largest absolute Gasteiger partial charge is 0.494 e. The van der Waals surface area contributed by atoms with Gasteiger partial charge in [0.1, 0.15) is 11.6 Å². The molecule has 0 aliphatic heterocycles. The summed E-state index contributed by atoms with van der Waals surface area (Å²) >= 11 is 0. The third-order valence-corrected chi connectivity index (χ3v) is 4.98. The predicted molar refractivity (Wildman–Crippen MR) is 99.6 cm³/mol. The minimum Gasteiger partial charge on any atom is -0.494 e. The number of hydrogen-bond acceptors (Lipinski definition) is 1. The van der Waals surface area contributed by atoms with Gasteiger partial charge in [0.2, 0.25) is 0 Å². The van der Waals surface area contributed by atoms with Gasteiger partial charge >= 0.3 is 0 Å². The highest BCUT2D eigenvalue weighted by molar-refractivity contribution is 6.96. The molecule has 0 spiro atoms. The van der Waals surface area contributed by atoms with Gasteiger partial charge in [-0.1, -0.05) is 0 Å². The second kappa shape index (κ2) is 8.44. The van der Waals surface area contributed by atoms with Crippen molar-refractivity contribution in [3.63, 3.8) is 0 Å². The molecule has 0 atom stereocenters. The molecular formula is C21H12BF9O. The second-order valence-electron chi connectivity index (χ2n) is 6.97. The van der Waals surface area contributed by atoms with Gasteiger partial charge in [0.05, 0.1) is 7.11 Å². The average molecular weight is 462 g/mol. The summed E-state index contributed by atoms with van der Waals surface area (Å²) in [5.74, 6) is -17.3. The lowest BCUT2D eigenvalue weighted by molar-refractivity contribution is 0.381. The van der Waals surface area contributed by atoms with E-state index in [-0.39, 0.29) is 6.07 Å². The maximum absolute atomic E-state index is 14.9. The first kappa shape index (κ1) is 23.6. The van der Waals surface area contributed by atoms with Crippen LogP contribution in [0.5, 0.6) is 5.75 Å². The van der Waals surface area contributed by atoms with Gasteiger partial charge in [-0.2, -0.15) is 0 Å². The van der Waals surface area contributed by atoms with Crippen molar-refractivity contribution < 1.29 is 44.3 Å². The molecule has 0 fully saturated rings. The molecule has 0 N–H and O–H groups in total. The number of methoxy groups -OCH3 is 1. The van der Waals surface area contributed by atoms with Gasteiger partial charge in [-0.3, -0.25) is 0 Å². The number of aryl methyl sites for hydroxylation is 2. The minimum atomic E-state index is -2.71. The number of ether oxygens (including phenoxy) is 1. The summed E-state index contributed by atoms with van der Waals surface area (Å²) in [5, 5.41) is 0. The van der Waals surface area contributed by atoms with Crippen LogP contribution in [0.3, 0.4) is 0 Å². The molecule has 3 rings (SSSR count). The summed E-state index contributed by atoms with van der Waals surface area (Å²) < 4.78 is 136. The van der Waals surface area contributed by atoms with E-state index in [0.717, 1.165) is 21.0 Å². The zero-order valence-electron chi connectivity index (χ0n) is 16.6. The van der Waals surface area contributed by atoms with Crippen LogP contribution in [-0.4, -0.2) is 13.8 Å². The van der Waals surface area contributed by atoms with Crippen molar-refractivity contribution in [2.24, 2.45) is 0 Å². The maximum atomic E-state index is 14.9. The third kappa shape index (κ3) is 3.59. The molecule has 1 nitrogen and oxygen atoms in total. The van der Waals surface area contributed by atoms with E-state index in [1.54, 1.807) is 0 Å². The van der Waals surface area contributed by atoms with Crippen molar-refractivity contribution >= 4 is 23.1 Å². The van der Waals surface area contributed by atoms with Gasteiger partial charge in [0.15, 0.2) is 46.5 Å². The van der Waals surface area contributed by atoms with E-state index in [1.165, 1.54) is 0 Å². The summed E-state index contributed by atoms with van der Waals surface area (Å²) in [4.78, 5) is 0. The van der Waals surface area contributed by atoms with Crippen LogP contribution in [-0.2, 0) is 0 Å². The van der Waals surface area contributed by atoms with Gasteiger partial charge < -0.3 is 4.74 Å². The highest BCUT2D eigenvalue weighted by atomic mass is 19.2. The third-order valence-electron chi connectivity index (χ3n) is 4.98. The van der Waals surface area contributed by atoms with Gasteiger partial charge in [-0.15, -0.1) is 0 Å². The van der Waals surface area contributed by atoms with Crippen molar-refractivity contribution in [2.75, 3.05) is 7.11 Å². The Labute approximate surface area is 176 Å². The highest BCUT2D eigenvalue weighted by Gasteiger charge is 2.41. The molecular weight excluding hydrogens is 450 g/mol. The van der Waals surface area contributed by atoms with Crippen LogP contribution in [0.15, 0.2) is 18.2 Å². The van der Waals surface area contributed by atoms with Crippen LogP contribution < -0.4 is 21.1 Å². The lowest BCUT2D eigenvalue weighted by Gasteiger charge is -2.22. The monoisotopic (exact) mass is 462 g/mol. The Bertz CT molecular complexity index is 1180. The molecule has 0 bridgehead atoms. The van der Waals surface area contributed by atoms with Crippen LogP contribution in [0.2, 0.25) is 0 Å². The quantitative estimate of drug-likeness (QED) is 0.323. The molecule has 0 saturated heterocycles. The lowest BCUT2D eigenvalue weighted by Crippen LogP contribution is -2.59.